The van der Waals surface area contributed by atoms with Crippen molar-refractivity contribution in [1.29, 1.82) is 0 Å². The Hall–Kier alpha value is -3.03. The zero-order valence-electron chi connectivity index (χ0n) is 16.7. The van der Waals surface area contributed by atoms with Gasteiger partial charge in [0.05, 0.1) is 5.69 Å². The number of halogens is 1. The van der Waals surface area contributed by atoms with Crippen LogP contribution in [0.2, 0.25) is 0 Å². The minimum Gasteiger partial charge on any atom is -0.450 e. The van der Waals surface area contributed by atoms with Crippen LogP contribution < -0.4 is 0 Å². The van der Waals surface area contributed by atoms with Crippen molar-refractivity contribution < 1.29 is 18.7 Å². The molecule has 0 bridgehead atoms. The molecule has 1 heterocycles. The van der Waals surface area contributed by atoms with Crippen molar-refractivity contribution in [2.75, 3.05) is 13.2 Å². The third-order valence-electron chi connectivity index (χ3n) is 4.71. The highest BCUT2D eigenvalue weighted by molar-refractivity contribution is 5.88. The van der Waals surface area contributed by atoms with E-state index in [0.717, 1.165) is 37.8 Å². The fraction of sp³-hybridized carbons (Fsp3) is 0.429. The van der Waals surface area contributed by atoms with Crippen molar-refractivity contribution in [2.24, 2.45) is 0 Å². The van der Waals surface area contributed by atoms with Crippen molar-refractivity contribution in [1.82, 2.24) is 19.7 Å². The Labute approximate surface area is 169 Å². The second kappa shape index (κ2) is 9.45. The zero-order chi connectivity index (χ0) is 20.8. The minimum atomic E-state index is -0.767. The monoisotopic (exact) mass is 400 g/mol. The van der Waals surface area contributed by atoms with Gasteiger partial charge in [-0.15, -0.1) is 5.10 Å². The van der Waals surface area contributed by atoms with Crippen LogP contribution >= 0.6 is 0 Å². The lowest BCUT2D eigenvalue weighted by Gasteiger charge is -2.27. The van der Waals surface area contributed by atoms with Crippen molar-refractivity contribution in [3.8, 4) is 5.69 Å². The van der Waals surface area contributed by atoms with Crippen LogP contribution in [-0.4, -0.2) is 44.7 Å². The number of nitrogens with zero attached hydrogens (tertiary/aromatic N) is 4. The van der Waals surface area contributed by atoms with E-state index in [1.165, 1.54) is 28.9 Å². The number of hydrogen-bond acceptors (Lipinski definition) is 5. The Kier molecular flexibility index (Phi) is 6.74. The number of amides is 1. The number of hydrogen-bond donors (Lipinski definition) is 0. The summed E-state index contributed by atoms with van der Waals surface area (Å²) in [5, 5.41) is 4.13. The van der Waals surface area contributed by atoms with E-state index in [-0.39, 0.29) is 24.2 Å². The Balaban J connectivity index is 1.65. The molecule has 0 saturated carbocycles. The van der Waals surface area contributed by atoms with Crippen LogP contribution in [0.5, 0.6) is 0 Å². The average Bonchev–Trinajstić information content (AvgIpc) is 3.13. The number of esters is 1. The van der Waals surface area contributed by atoms with E-state index in [4.69, 9.17) is 4.74 Å². The van der Waals surface area contributed by atoms with Crippen molar-refractivity contribution in [3.05, 3.63) is 53.5 Å². The molecule has 1 aromatic heterocycles. The summed E-state index contributed by atoms with van der Waals surface area (Å²) in [6.07, 6.45) is 6.93. The van der Waals surface area contributed by atoms with Gasteiger partial charge in [0.2, 0.25) is 0 Å². The van der Waals surface area contributed by atoms with Crippen LogP contribution in [0.1, 0.15) is 55.5 Å². The van der Waals surface area contributed by atoms with Gasteiger partial charge >= 0.3 is 5.97 Å². The number of rotatable bonds is 7. The van der Waals surface area contributed by atoms with Gasteiger partial charge in [0.25, 0.3) is 11.7 Å². The number of aryl methyl sites for hydroxylation is 1. The Morgan fingerprint density at radius 2 is 2.00 bits per heavy atom. The van der Waals surface area contributed by atoms with Crippen molar-refractivity contribution in [2.45, 2.75) is 46.0 Å². The van der Waals surface area contributed by atoms with Gasteiger partial charge in [-0.25, -0.2) is 18.9 Å². The molecule has 0 spiro atoms. The molecule has 0 radical (unpaired) electrons. The molecular weight excluding hydrogens is 375 g/mol. The maximum atomic E-state index is 13.1. The molecule has 1 aliphatic rings. The normalized spacial score (nSPS) is 13.7. The van der Waals surface area contributed by atoms with Crippen LogP contribution in [0, 0.1) is 12.7 Å². The van der Waals surface area contributed by atoms with Crippen LogP contribution in [0.4, 0.5) is 4.39 Å². The first kappa shape index (κ1) is 20.7. The highest BCUT2D eigenvalue weighted by Crippen LogP contribution is 2.21. The van der Waals surface area contributed by atoms with E-state index in [1.54, 1.807) is 11.8 Å². The maximum Gasteiger partial charge on any atom is 0.378 e. The van der Waals surface area contributed by atoms with E-state index in [0.29, 0.717) is 18.1 Å². The molecule has 0 unspecified atom stereocenters. The summed E-state index contributed by atoms with van der Waals surface area (Å²) in [7, 11) is 0. The van der Waals surface area contributed by atoms with Crippen molar-refractivity contribution >= 4 is 11.9 Å². The Morgan fingerprint density at radius 3 is 2.66 bits per heavy atom. The molecule has 2 aromatic rings. The second-order valence-corrected chi connectivity index (χ2v) is 6.93. The smallest absolute Gasteiger partial charge is 0.378 e. The molecule has 1 amide bonds. The molecule has 0 fully saturated rings. The van der Waals surface area contributed by atoms with E-state index < -0.39 is 5.97 Å². The Morgan fingerprint density at radius 1 is 1.24 bits per heavy atom. The van der Waals surface area contributed by atoms with Gasteiger partial charge in [0.15, 0.2) is 6.61 Å². The molecular formula is C21H25FN4O3. The molecule has 0 aliphatic heterocycles. The average molecular weight is 400 g/mol. The Bertz CT molecular complexity index is 905. The third kappa shape index (κ3) is 5.07. The quantitative estimate of drug-likeness (QED) is 0.664. The van der Waals surface area contributed by atoms with Gasteiger partial charge in [-0.2, -0.15) is 0 Å². The van der Waals surface area contributed by atoms with Crippen LogP contribution in [0.25, 0.3) is 5.69 Å². The number of carbonyl (C=O) groups is 2. The molecule has 8 heteroatoms. The van der Waals surface area contributed by atoms with Crippen LogP contribution in [0.15, 0.2) is 36.0 Å². The first-order valence-corrected chi connectivity index (χ1v) is 9.85. The SMILES string of the molecule is CCCN(C(=O)COC(=O)c1nc(C)n(-c2ccc(F)cc2)n1)C1=CCCCC1. The second-order valence-electron chi connectivity index (χ2n) is 6.93. The first-order valence-electron chi connectivity index (χ1n) is 9.85. The van der Waals surface area contributed by atoms with Crippen LogP contribution in [-0.2, 0) is 9.53 Å². The lowest BCUT2D eigenvalue weighted by Crippen LogP contribution is -2.35. The lowest BCUT2D eigenvalue weighted by atomic mass is 10.0. The van der Waals surface area contributed by atoms with E-state index in [2.05, 4.69) is 16.2 Å². The van der Waals surface area contributed by atoms with Crippen LogP contribution in [0.3, 0.4) is 0 Å². The topological polar surface area (TPSA) is 77.3 Å². The van der Waals surface area contributed by atoms with E-state index in [1.807, 2.05) is 6.92 Å². The van der Waals surface area contributed by atoms with Gasteiger partial charge in [0.1, 0.15) is 11.6 Å². The summed E-state index contributed by atoms with van der Waals surface area (Å²) in [6, 6.07) is 5.68. The molecule has 0 atom stereocenters. The molecule has 1 aromatic carbocycles. The molecule has 0 saturated heterocycles. The predicted molar refractivity (Wildman–Crippen MR) is 105 cm³/mol. The van der Waals surface area contributed by atoms with Crippen molar-refractivity contribution in [3.63, 3.8) is 0 Å². The first-order chi connectivity index (χ1) is 14.0. The molecule has 1 aliphatic carbocycles. The van der Waals surface area contributed by atoms with Gasteiger partial charge in [-0.05, 0) is 63.3 Å². The molecule has 0 N–H and O–H groups in total. The number of aromatic nitrogens is 3. The number of benzene rings is 1. The predicted octanol–water partition coefficient (Wildman–Crippen LogP) is 3.57. The summed E-state index contributed by atoms with van der Waals surface area (Å²) in [4.78, 5) is 30.8. The fourth-order valence-electron chi connectivity index (χ4n) is 3.29. The van der Waals surface area contributed by atoms with Gasteiger partial charge in [-0.3, -0.25) is 4.79 Å². The maximum absolute atomic E-state index is 13.1. The number of ether oxygens (including phenoxy) is 1. The summed E-state index contributed by atoms with van der Waals surface area (Å²) in [6.45, 7) is 3.92. The molecule has 3 rings (SSSR count). The van der Waals surface area contributed by atoms with E-state index in [9.17, 15) is 14.0 Å². The largest absolute Gasteiger partial charge is 0.450 e. The van der Waals surface area contributed by atoms with Gasteiger partial charge < -0.3 is 9.64 Å². The summed E-state index contributed by atoms with van der Waals surface area (Å²) >= 11 is 0. The third-order valence-corrected chi connectivity index (χ3v) is 4.71. The molecule has 29 heavy (non-hydrogen) atoms. The minimum absolute atomic E-state index is 0.140. The number of carbonyl (C=O) groups excluding carboxylic acids is 2. The van der Waals surface area contributed by atoms with Gasteiger partial charge in [-0.1, -0.05) is 13.0 Å². The number of allylic oxidation sites excluding steroid dienone is 2. The highest BCUT2D eigenvalue weighted by atomic mass is 19.1. The summed E-state index contributed by atoms with van der Waals surface area (Å²) in [5.41, 5.74) is 1.58. The molecule has 154 valence electrons. The highest BCUT2D eigenvalue weighted by Gasteiger charge is 2.22. The molecule has 7 nitrogen and oxygen atoms in total. The zero-order valence-corrected chi connectivity index (χ0v) is 16.7. The summed E-state index contributed by atoms with van der Waals surface area (Å²) < 4.78 is 19.7. The van der Waals surface area contributed by atoms with Gasteiger partial charge in [0, 0.05) is 12.2 Å². The standard InChI is InChI=1S/C21H25FN4O3/c1-3-13-25(17-7-5-4-6-8-17)19(27)14-29-21(28)20-23-15(2)26(24-20)18-11-9-16(22)10-12-18/h7,9-12H,3-6,8,13-14H2,1-2H3. The van der Waals surface area contributed by atoms with E-state index >= 15 is 0 Å². The summed E-state index contributed by atoms with van der Waals surface area (Å²) in [5.74, 6) is -1.07. The lowest BCUT2D eigenvalue weighted by molar-refractivity contribution is -0.132. The fourth-order valence-corrected chi connectivity index (χ4v) is 3.29.